The number of halogens is 1. The number of aryl methyl sites for hydroxylation is 1. The summed E-state index contributed by atoms with van der Waals surface area (Å²) in [6, 6.07) is 7.35. The standard InChI is InChI=1S/C17H23ClN6O/c1-12(25-14-7-5-13(18)6-8-14)10-20-17(19-2)21-11-16-23-22-15-4-3-9-24(15)16/h5-8,12H,3-4,9-11H2,1-2H3,(H2,19,20,21). The first-order chi connectivity index (χ1) is 12.2. The minimum absolute atomic E-state index is 0.0166. The summed E-state index contributed by atoms with van der Waals surface area (Å²) in [6.07, 6.45) is 2.14. The van der Waals surface area contributed by atoms with Crippen molar-refractivity contribution >= 4 is 17.6 Å². The van der Waals surface area contributed by atoms with Gasteiger partial charge < -0.3 is 19.9 Å². The Morgan fingerprint density at radius 1 is 1.32 bits per heavy atom. The molecule has 2 N–H and O–H groups in total. The Morgan fingerprint density at radius 3 is 2.88 bits per heavy atom. The van der Waals surface area contributed by atoms with E-state index < -0.39 is 0 Å². The molecule has 0 amide bonds. The third-order valence-electron chi connectivity index (χ3n) is 4.03. The molecule has 25 heavy (non-hydrogen) atoms. The number of fused-ring (bicyclic) bond motifs is 1. The molecule has 0 radical (unpaired) electrons. The van der Waals surface area contributed by atoms with Crippen molar-refractivity contribution in [1.29, 1.82) is 0 Å². The highest BCUT2D eigenvalue weighted by Gasteiger charge is 2.17. The highest BCUT2D eigenvalue weighted by atomic mass is 35.5. The van der Waals surface area contributed by atoms with Gasteiger partial charge >= 0.3 is 0 Å². The predicted octanol–water partition coefficient (Wildman–Crippen LogP) is 2.01. The van der Waals surface area contributed by atoms with Crippen LogP contribution in [0.15, 0.2) is 29.3 Å². The lowest BCUT2D eigenvalue weighted by molar-refractivity contribution is 0.224. The number of aromatic nitrogens is 3. The van der Waals surface area contributed by atoms with Crippen molar-refractivity contribution < 1.29 is 4.74 Å². The molecular weight excluding hydrogens is 340 g/mol. The highest BCUT2D eigenvalue weighted by Crippen LogP contribution is 2.16. The van der Waals surface area contributed by atoms with Gasteiger partial charge in [0.25, 0.3) is 0 Å². The Morgan fingerprint density at radius 2 is 2.12 bits per heavy atom. The van der Waals surface area contributed by atoms with Gasteiger partial charge in [-0.05, 0) is 37.6 Å². The van der Waals surface area contributed by atoms with E-state index in [9.17, 15) is 0 Å². The zero-order chi connectivity index (χ0) is 17.6. The summed E-state index contributed by atoms with van der Waals surface area (Å²) in [6.45, 7) is 4.22. The Hall–Kier alpha value is -2.28. The van der Waals surface area contributed by atoms with Crippen LogP contribution < -0.4 is 15.4 Å². The van der Waals surface area contributed by atoms with Gasteiger partial charge in [0.2, 0.25) is 0 Å². The van der Waals surface area contributed by atoms with Crippen LogP contribution in [-0.4, -0.2) is 40.4 Å². The van der Waals surface area contributed by atoms with Crippen molar-refractivity contribution in [2.24, 2.45) is 4.99 Å². The first kappa shape index (κ1) is 17.5. The van der Waals surface area contributed by atoms with Crippen molar-refractivity contribution in [3.63, 3.8) is 0 Å². The molecule has 0 fully saturated rings. The smallest absolute Gasteiger partial charge is 0.191 e. The number of hydrogen-bond donors (Lipinski definition) is 2. The topological polar surface area (TPSA) is 76.4 Å². The predicted molar refractivity (Wildman–Crippen MR) is 98.1 cm³/mol. The van der Waals surface area contributed by atoms with Crippen LogP contribution in [0.3, 0.4) is 0 Å². The van der Waals surface area contributed by atoms with Crippen LogP contribution in [0.4, 0.5) is 0 Å². The fourth-order valence-corrected chi connectivity index (χ4v) is 2.88. The second-order valence-corrected chi connectivity index (χ2v) is 6.41. The lowest BCUT2D eigenvalue weighted by atomic mass is 10.3. The number of nitrogens with one attached hydrogen (secondary N) is 2. The average molecular weight is 363 g/mol. The quantitative estimate of drug-likeness (QED) is 0.607. The van der Waals surface area contributed by atoms with Crippen molar-refractivity contribution in [3.05, 3.63) is 40.9 Å². The van der Waals surface area contributed by atoms with Crippen LogP contribution in [0.1, 0.15) is 25.0 Å². The van der Waals surface area contributed by atoms with Crippen LogP contribution in [0.2, 0.25) is 5.02 Å². The molecule has 2 aromatic rings. The molecule has 7 nitrogen and oxygen atoms in total. The molecule has 0 saturated heterocycles. The van der Waals surface area contributed by atoms with E-state index in [0.29, 0.717) is 24.1 Å². The zero-order valence-electron chi connectivity index (χ0n) is 14.5. The molecule has 3 rings (SSSR count). The lowest BCUT2D eigenvalue weighted by Crippen LogP contribution is -2.41. The van der Waals surface area contributed by atoms with Gasteiger partial charge in [-0.1, -0.05) is 11.6 Å². The lowest BCUT2D eigenvalue weighted by Gasteiger charge is -2.17. The van der Waals surface area contributed by atoms with E-state index in [-0.39, 0.29) is 6.10 Å². The van der Waals surface area contributed by atoms with Crippen LogP contribution in [0.5, 0.6) is 5.75 Å². The van der Waals surface area contributed by atoms with Gasteiger partial charge in [0.05, 0.1) is 13.1 Å². The molecule has 2 heterocycles. The number of nitrogens with zero attached hydrogens (tertiary/aromatic N) is 4. The van der Waals surface area contributed by atoms with Crippen LogP contribution in [-0.2, 0) is 19.5 Å². The molecule has 0 saturated carbocycles. The Balaban J connectivity index is 1.45. The summed E-state index contributed by atoms with van der Waals surface area (Å²) in [5, 5.41) is 15.7. The van der Waals surface area contributed by atoms with Crippen molar-refractivity contribution in [2.45, 2.75) is 39.0 Å². The zero-order valence-corrected chi connectivity index (χ0v) is 15.3. The summed E-state index contributed by atoms with van der Waals surface area (Å²) in [4.78, 5) is 4.24. The second kappa shape index (κ2) is 8.20. The molecule has 1 aromatic carbocycles. The molecule has 1 atom stereocenters. The van der Waals surface area contributed by atoms with Gasteiger partial charge in [0, 0.05) is 25.0 Å². The minimum Gasteiger partial charge on any atom is -0.489 e. The molecule has 0 spiro atoms. The number of guanidine groups is 1. The van der Waals surface area contributed by atoms with E-state index in [4.69, 9.17) is 16.3 Å². The molecule has 1 aliphatic heterocycles. The molecule has 134 valence electrons. The Labute approximate surface area is 152 Å². The Bertz CT molecular complexity index is 727. The van der Waals surface area contributed by atoms with E-state index >= 15 is 0 Å². The summed E-state index contributed by atoms with van der Waals surface area (Å²) in [7, 11) is 1.74. The summed E-state index contributed by atoms with van der Waals surface area (Å²) < 4.78 is 8.02. The van der Waals surface area contributed by atoms with E-state index in [1.165, 1.54) is 0 Å². The monoisotopic (exact) mass is 362 g/mol. The van der Waals surface area contributed by atoms with Crippen LogP contribution in [0.25, 0.3) is 0 Å². The maximum atomic E-state index is 5.88. The van der Waals surface area contributed by atoms with Gasteiger partial charge in [0.15, 0.2) is 11.8 Å². The molecular formula is C17H23ClN6O. The second-order valence-electron chi connectivity index (χ2n) is 5.98. The first-order valence-electron chi connectivity index (χ1n) is 8.43. The average Bonchev–Trinajstić information content (AvgIpc) is 3.21. The van der Waals surface area contributed by atoms with E-state index in [0.717, 1.165) is 36.8 Å². The summed E-state index contributed by atoms with van der Waals surface area (Å²) in [5.74, 6) is 3.52. The van der Waals surface area contributed by atoms with E-state index in [1.54, 1.807) is 7.05 Å². The van der Waals surface area contributed by atoms with Gasteiger partial charge in [0.1, 0.15) is 17.7 Å². The van der Waals surface area contributed by atoms with Crippen LogP contribution in [0, 0.1) is 0 Å². The van der Waals surface area contributed by atoms with Gasteiger partial charge in [-0.3, -0.25) is 4.99 Å². The molecule has 8 heteroatoms. The van der Waals surface area contributed by atoms with Gasteiger partial charge in [-0.15, -0.1) is 10.2 Å². The Kier molecular flexibility index (Phi) is 5.75. The number of aliphatic imine (C=N–C) groups is 1. The fourth-order valence-electron chi connectivity index (χ4n) is 2.75. The van der Waals surface area contributed by atoms with Crippen LogP contribution >= 0.6 is 11.6 Å². The fraction of sp³-hybridized carbons (Fsp3) is 0.471. The number of benzene rings is 1. The molecule has 0 bridgehead atoms. The number of rotatable bonds is 6. The maximum Gasteiger partial charge on any atom is 0.191 e. The van der Waals surface area contributed by atoms with Crippen molar-refractivity contribution in [1.82, 2.24) is 25.4 Å². The van der Waals surface area contributed by atoms with Crippen molar-refractivity contribution in [3.8, 4) is 5.75 Å². The van der Waals surface area contributed by atoms with E-state index in [2.05, 4.69) is 30.4 Å². The van der Waals surface area contributed by atoms with E-state index in [1.807, 2.05) is 31.2 Å². The summed E-state index contributed by atoms with van der Waals surface area (Å²) >= 11 is 5.88. The number of ether oxygens (including phenoxy) is 1. The SMILES string of the molecule is CN=C(NCc1nnc2n1CCC2)NCC(C)Oc1ccc(Cl)cc1. The molecule has 0 aliphatic carbocycles. The van der Waals surface area contributed by atoms with Gasteiger partial charge in [-0.2, -0.15) is 0 Å². The first-order valence-corrected chi connectivity index (χ1v) is 8.81. The largest absolute Gasteiger partial charge is 0.489 e. The minimum atomic E-state index is -0.0166. The van der Waals surface area contributed by atoms with Crippen molar-refractivity contribution in [2.75, 3.05) is 13.6 Å². The maximum absolute atomic E-state index is 5.88. The normalized spacial score (nSPS) is 14.9. The summed E-state index contributed by atoms with van der Waals surface area (Å²) in [5.41, 5.74) is 0. The highest BCUT2D eigenvalue weighted by molar-refractivity contribution is 6.30. The molecule has 1 aromatic heterocycles. The third kappa shape index (κ3) is 4.63. The van der Waals surface area contributed by atoms with Gasteiger partial charge in [-0.25, -0.2) is 0 Å². The molecule has 1 aliphatic rings. The number of hydrogen-bond acceptors (Lipinski definition) is 4. The molecule has 1 unspecified atom stereocenters. The third-order valence-corrected chi connectivity index (χ3v) is 4.28.